The zero-order valence-electron chi connectivity index (χ0n) is 11.5. The van der Waals surface area contributed by atoms with E-state index in [0.717, 1.165) is 12.8 Å². The molecule has 0 spiro atoms. The maximum atomic E-state index is 9.50. The topological polar surface area (TPSA) is 29.1 Å². The summed E-state index contributed by atoms with van der Waals surface area (Å²) in [7, 11) is 1.97. The van der Waals surface area contributed by atoms with Gasteiger partial charge in [-0.2, -0.15) is 0 Å². The van der Waals surface area contributed by atoms with Crippen LogP contribution in [0.5, 0.6) is 0 Å². The lowest BCUT2D eigenvalue weighted by molar-refractivity contribution is -0.110. The van der Waals surface area contributed by atoms with Gasteiger partial charge in [0.15, 0.2) is 0 Å². The first kappa shape index (κ1) is 15.9. The number of nitrogens with one attached hydrogen (secondary N) is 1. The molecule has 1 rings (SSSR count). The van der Waals surface area contributed by atoms with Crippen molar-refractivity contribution in [3.05, 3.63) is 35.4 Å². The van der Waals surface area contributed by atoms with Crippen LogP contribution in [0.3, 0.4) is 0 Å². The number of carbonyl (C=O) groups excluding carboxylic acids is 1. The standard InChI is InChI=1S/C11H17N.C4H8O/c1-3-4-10-5-7-11(8-6-10)9-12-2;1-4(2)3-5/h5-8,12H,3-4,9H2,1-2H3;3-4H,1-2H3. The van der Waals surface area contributed by atoms with Crippen LogP contribution >= 0.6 is 0 Å². The van der Waals surface area contributed by atoms with Gasteiger partial charge < -0.3 is 10.1 Å². The van der Waals surface area contributed by atoms with Crippen LogP contribution in [0.15, 0.2) is 24.3 Å². The van der Waals surface area contributed by atoms with Gasteiger partial charge in [0.25, 0.3) is 0 Å². The Morgan fingerprint density at radius 3 is 2.00 bits per heavy atom. The third-order valence-corrected chi connectivity index (χ3v) is 2.21. The molecule has 0 aliphatic carbocycles. The largest absolute Gasteiger partial charge is 0.316 e. The minimum atomic E-state index is 0.204. The molecule has 2 nitrogen and oxygen atoms in total. The highest BCUT2D eigenvalue weighted by Crippen LogP contribution is 2.05. The molecule has 96 valence electrons. The van der Waals surface area contributed by atoms with Crippen molar-refractivity contribution in [2.45, 2.75) is 40.2 Å². The number of carbonyl (C=O) groups is 1. The van der Waals surface area contributed by atoms with Gasteiger partial charge in [-0.1, -0.05) is 51.5 Å². The van der Waals surface area contributed by atoms with Crippen LogP contribution < -0.4 is 5.32 Å². The molecule has 0 aromatic heterocycles. The SMILES string of the molecule is CC(C)C=O.CCCc1ccc(CNC)cc1. The van der Waals surface area contributed by atoms with E-state index in [1.165, 1.54) is 24.0 Å². The van der Waals surface area contributed by atoms with Gasteiger partial charge in [0, 0.05) is 12.5 Å². The molecule has 2 heteroatoms. The predicted molar refractivity (Wildman–Crippen MR) is 74.1 cm³/mol. The summed E-state index contributed by atoms with van der Waals surface area (Å²) in [6.45, 7) is 6.88. The van der Waals surface area contributed by atoms with Crippen molar-refractivity contribution in [3.63, 3.8) is 0 Å². The number of aryl methyl sites for hydroxylation is 1. The lowest BCUT2D eigenvalue weighted by Crippen LogP contribution is -2.04. The Balaban J connectivity index is 0.000000437. The zero-order valence-corrected chi connectivity index (χ0v) is 11.5. The molecule has 0 aliphatic heterocycles. The van der Waals surface area contributed by atoms with Gasteiger partial charge in [-0.15, -0.1) is 0 Å². The number of aldehydes is 1. The normalized spacial score (nSPS) is 9.71. The van der Waals surface area contributed by atoms with E-state index in [0.29, 0.717) is 0 Å². The second-order valence-electron chi connectivity index (χ2n) is 4.48. The third kappa shape index (κ3) is 8.64. The molecule has 0 bridgehead atoms. The highest BCUT2D eigenvalue weighted by Gasteiger charge is 1.91. The van der Waals surface area contributed by atoms with E-state index in [9.17, 15) is 4.79 Å². The lowest BCUT2D eigenvalue weighted by atomic mass is 10.1. The minimum absolute atomic E-state index is 0.204. The Morgan fingerprint density at radius 1 is 1.18 bits per heavy atom. The fourth-order valence-corrected chi connectivity index (χ4v) is 1.32. The van der Waals surface area contributed by atoms with E-state index < -0.39 is 0 Å². The predicted octanol–water partition coefficient (Wildman–Crippen LogP) is 3.20. The second kappa shape index (κ2) is 10.0. The average Bonchev–Trinajstić information content (AvgIpc) is 2.33. The Hall–Kier alpha value is -1.15. The maximum absolute atomic E-state index is 9.50. The summed E-state index contributed by atoms with van der Waals surface area (Å²) in [5.74, 6) is 0.204. The summed E-state index contributed by atoms with van der Waals surface area (Å²) >= 11 is 0. The zero-order chi connectivity index (χ0) is 13.1. The van der Waals surface area contributed by atoms with E-state index >= 15 is 0 Å². The Kier molecular flexibility index (Phi) is 9.35. The molecule has 0 amide bonds. The first-order chi connectivity index (χ1) is 8.13. The van der Waals surface area contributed by atoms with Gasteiger partial charge in [-0.25, -0.2) is 0 Å². The molecule has 0 atom stereocenters. The van der Waals surface area contributed by atoms with Crippen molar-refractivity contribution in [1.82, 2.24) is 5.32 Å². The van der Waals surface area contributed by atoms with Crippen LogP contribution in [0.2, 0.25) is 0 Å². The van der Waals surface area contributed by atoms with E-state index in [-0.39, 0.29) is 5.92 Å². The van der Waals surface area contributed by atoms with Gasteiger partial charge in [-0.3, -0.25) is 0 Å². The number of rotatable bonds is 5. The van der Waals surface area contributed by atoms with Crippen LogP contribution in [0.4, 0.5) is 0 Å². The molecule has 0 saturated carbocycles. The molecule has 0 heterocycles. The van der Waals surface area contributed by atoms with Crippen molar-refractivity contribution in [2.75, 3.05) is 7.05 Å². The van der Waals surface area contributed by atoms with E-state index in [1.807, 2.05) is 20.9 Å². The van der Waals surface area contributed by atoms with Gasteiger partial charge in [0.05, 0.1) is 0 Å². The van der Waals surface area contributed by atoms with Crippen LogP contribution in [-0.4, -0.2) is 13.3 Å². The minimum Gasteiger partial charge on any atom is -0.316 e. The molecule has 1 N–H and O–H groups in total. The molecule has 0 radical (unpaired) electrons. The monoisotopic (exact) mass is 235 g/mol. The smallest absolute Gasteiger partial charge is 0.122 e. The fraction of sp³-hybridized carbons (Fsp3) is 0.533. The van der Waals surface area contributed by atoms with Crippen LogP contribution in [0, 0.1) is 5.92 Å². The Bertz CT molecular complexity index is 265. The number of hydrogen-bond acceptors (Lipinski definition) is 2. The fourth-order valence-electron chi connectivity index (χ4n) is 1.32. The average molecular weight is 235 g/mol. The first-order valence-electron chi connectivity index (χ1n) is 6.31. The van der Waals surface area contributed by atoms with Gasteiger partial charge in [0.1, 0.15) is 6.29 Å². The molecular weight excluding hydrogens is 210 g/mol. The molecule has 0 aliphatic rings. The summed E-state index contributed by atoms with van der Waals surface area (Å²) in [5.41, 5.74) is 2.80. The molecule has 1 aromatic rings. The first-order valence-corrected chi connectivity index (χ1v) is 6.31. The highest BCUT2D eigenvalue weighted by atomic mass is 16.1. The summed E-state index contributed by atoms with van der Waals surface area (Å²) in [4.78, 5) is 9.50. The molecule has 17 heavy (non-hydrogen) atoms. The molecule has 0 fully saturated rings. The van der Waals surface area contributed by atoms with Crippen LogP contribution in [0.1, 0.15) is 38.3 Å². The Labute approximate surface area is 105 Å². The third-order valence-electron chi connectivity index (χ3n) is 2.21. The van der Waals surface area contributed by atoms with Crippen molar-refractivity contribution in [3.8, 4) is 0 Å². The maximum Gasteiger partial charge on any atom is 0.122 e. The van der Waals surface area contributed by atoms with Crippen molar-refractivity contribution < 1.29 is 4.79 Å². The van der Waals surface area contributed by atoms with Gasteiger partial charge >= 0.3 is 0 Å². The van der Waals surface area contributed by atoms with Crippen LogP contribution in [0.25, 0.3) is 0 Å². The molecular formula is C15H25NO. The van der Waals surface area contributed by atoms with E-state index in [4.69, 9.17) is 0 Å². The van der Waals surface area contributed by atoms with Gasteiger partial charge in [-0.05, 0) is 24.6 Å². The lowest BCUT2D eigenvalue weighted by Gasteiger charge is -2.01. The van der Waals surface area contributed by atoms with Gasteiger partial charge in [0.2, 0.25) is 0 Å². The van der Waals surface area contributed by atoms with Crippen molar-refractivity contribution >= 4 is 6.29 Å². The summed E-state index contributed by atoms with van der Waals surface area (Å²) in [6, 6.07) is 8.83. The molecule has 1 aromatic carbocycles. The summed E-state index contributed by atoms with van der Waals surface area (Å²) < 4.78 is 0. The summed E-state index contributed by atoms with van der Waals surface area (Å²) in [5, 5.41) is 3.14. The Morgan fingerprint density at radius 2 is 1.65 bits per heavy atom. The molecule has 0 unspecified atom stereocenters. The van der Waals surface area contributed by atoms with E-state index in [2.05, 4.69) is 36.5 Å². The number of benzene rings is 1. The quantitative estimate of drug-likeness (QED) is 0.794. The van der Waals surface area contributed by atoms with Crippen molar-refractivity contribution in [1.29, 1.82) is 0 Å². The van der Waals surface area contributed by atoms with Crippen molar-refractivity contribution in [2.24, 2.45) is 5.92 Å². The molecule has 0 saturated heterocycles. The number of hydrogen-bond donors (Lipinski definition) is 1. The van der Waals surface area contributed by atoms with E-state index in [1.54, 1.807) is 0 Å². The second-order valence-corrected chi connectivity index (χ2v) is 4.48. The van der Waals surface area contributed by atoms with Crippen LogP contribution in [-0.2, 0) is 17.8 Å². The highest BCUT2D eigenvalue weighted by molar-refractivity contribution is 5.51. The summed E-state index contributed by atoms with van der Waals surface area (Å²) in [6.07, 6.45) is 3.34.